The first-order chi connectivity index (χ1) is 11.7. The lowest BCUT2D eigenvalue weighted by Crippen LogP contribution is -1.99. The number of halogens is 1. The summed E-state index contributed by atoms with van der Waals surface area (Å²) in [6.07, 6.45) is 0.752. The van der Waals surface area contributed by atoms with Crippen LogP contribution in [0.4, 0.5) is 4.39 Å². The van der Waals surface area contributed by atoms with Crippen molar-refractivity contribution in [2.24, 2.45) is 0 Å². The van der Waals surface area contributed by atoms with Crippen LogP contribution in [0.15, 0.2) is 47.8 Å². The maximum absolute atomic E-state index is 13.0. The highest BCUT2D eigenvalue weighted by Gasteiger charge is 2.09. The Bertz CT molecular complexity index is 846. The lowest BCUT2D eigenvalue weighted by molar-refractivity contribution is 0.112. The van der Waals surface area contributed by atoms with E-state index in [2.05, 4.69) is 4.98 Å². The third-order valence-electron chi connectivity index (χ3n) is 3.34. The van der Waals surface area contributed by atoms with Gasteiger partial charge in [0.15, 0.2) is 11.5 Å². The zero-order valence-corrected chi connectivity index (χ0v) is 13.7. The van der Waals surface area contributed by atoms with Gasteiger partial charge in [-0.25, -0.2) is 9.37 Å². The molecule has 0 aliphatic rings. The van der Waals surface area contributed by atoms with Gasteiger partial charge in [-0.2, -0.15) is 0 Å². The SMILES string of the molecule is COc1ccc(C=O)cc1OCc1csc(-c2ccc(F)cc2)n1. The smallest absolute Gasteiger partial charge is 0.162 e. The maximum Gasteiger partial charge on any atom is 0.162 e. The van der Waals surface area contributed by atoms with E-state index >= 15 is 0 Å². The molecule has 0 saturated heterocycles. The highest BCUT2D eigenvalue weighted by atomic mass is 32.1. The lowest BCUT2D eigenvalue weighted by Gasteiger charge is -2.10. The number of thiazole rings is 1. The molecule has 2 aromatic carbocycles. The number of benzene rings is 2. The van der Waals surface area contributed by atoms with Crippen LogP contribution in [-0.2, 0) is 6.61 Å². The van der Waals surface area contributed by atoms with Crippen molar-refractivity contribution in [1.82, 2.24) is 4.98 Å². The number of aldehydes is 1. The Hall–Kier alpha value is -2.73. The fraction of sp³-hybridized carbons (Fsp3) is 0.111. The number of carbonyl (C=O) groups excluding carboxylic acids is 1. The molecule has 24 heavy (non-hydrogen) atoms. The molecule has 0 saturated carbocycles. The number of methoxy groups -OCH3 is 1. The predicted octanol–water partition coefficient (Wildman–Crippen LogP) is 4.35. The molecule has 0 spiro atoms. The predicted molar refractivity (Wildman–Crippen MR) is 90.2 cm³/mol. The molecule has 3 aromatic rings. The second-order valence-corrected chi connectivity index (χ2v) is 5.83. The van der Waals surface area contributed by atoms with E-state index in [1.807, 2.05) is 5.38 Å². The van der Waals surface area contributed by atoms with E-state index in [1.54, 1.807) is 30.3 Å². The Morgan fingerprint density at radius 2 is 1.96 bits per heavy atom. The Kier molecular flexibility index (Phi) is 4.86. The molecule has 3 rings (SSSR count). The fourth-order valence-electron chi connectivity index (χ4n) is 2.13. The largest absolute Gasteiger partial charge is 0.493 e. The van der Waals surface area contributed by atoms with Crippen molar-refractivity contribution in [3.8, 4) is 22.1 Å². The lowest BCUT2D eigenvalue weighted by atomic mass is 10.2. The molecule has 0 amide bonds. The Balaban J connectivity index is 1.74. The summed E-state index contributed by atoms with van der Waals surface area (Å²) in [5.41, 5.74) is 2.11. The highest BCUT2D eigenvalue weighted by molar-refractivity contribution is 7.13. The first kappa shape index (κ1) is 16.1. The van der Waals surface area contributed by atoms with Crippen molar-refractivity contribution < 1.29 is 18.7 Å². The second kappa shape index (κ2) is 7.23. The van der Waals surface area contributed by atoms with Gasteiger partial charge >= 0.3 is 0 Å². The van der Waals surface area contributed by atoms with Crippen LogP contribution < -0.4 is 9.47 Å². The average Bonchev–Trinajstić information content (AvgIpc) is 3.09. The monoisotopic (exact) mass is 343 g/mol. The van der Waals surface area contributed by atoms with Crippen molar-refractivity contribution in [2.75, 3.05) is 7.11 Å². The van der Waals surface area contributed by atoms with Crippen molar-refractivity contribution >= 4 is 17.6 Å². The summed E-state index contributed by atoms with van der Waals surface area (Å²) in [7, 11) is 1.54. The van der Waals surface area contributed by atoms with E-state index < -0.39 is 0 Å². The van der Waals surface area contributed by atoms with Gasteiger partial charge in [-0.15, -0.1) is 11.3 Å². The molecule has 0 aliphatic carbocycles. The maximum atomic E-state index is 13.0. The van der Waals surface area contributed by atoms with Crippen LogP contribution in [0, 0.1) is 5.82 Å². The summed E-state index contributed by atoms with van der Waals surface area (Å²) in [6, 6.07) is 11.2. The van der Waals surface area contributed by atoms with E-state index in [0.717, 1.165) is 22.6 Å². The van der Waals surface area contributed by atoms with Gasteiger partial charge in [-0.1, -0.05) is 0 Å². The molecule has 0 N–H and O–H groups in total. The van der Waals surface area contributed by atoms with Crippen molar-refractivity contribution in [2.45, 2.75) is 6.61 Å². The molecule has 0 fully saturated rings. The van der Waals surface area contributed by atoms with Gasteiger partial charge in [0.05, 0.1) is 12.8 Å². The number of hydrogen-bond acceptors (Lipinski definition) is 5. The van der Waals surface area contributed by atoms with Gasteiger partial charge < -0.3 is 9.47 Å². The number of hydrogen-bond donors (Lipinski definition) is 0. The zero-order chi connectivity index (χ0) is 16.9. The van der Waals surface area contributed by atoms with Gasteiger partial charge in [-0.3, -0.25) is 4.79 Å². The topological polar surface area (TPSA) is 48.4 Å². The molecule has 0 atom stereocenters. The third kappa shape index (κ3) is 3.60. The van der Waals surface area contributed by atoms with Gasteiger partial charge in [0, 0.05) is 16.5 Å². The number of ether oxygens (including phenoxy) is 2. The molecule has 0 unspecified atom stereocenters. The molecule has 122 valence electrons. The first-order valence-electron chi connectivity index (χ1n) is 7.16. The van der Waals surface area contributed by atoms with Crippen LogP contribution >= 0.6 is 11.3 Å². The molecular weight excluding hydrogens is 329 g/mol. The van der Waals surface area contributed by atoms with Crippen LogP contribution in [0.3, 0.4) is 0 Å². The summed E-state index contributed by atoms with van der Waals surface area (Å²) in [6.45, 7) is 0.246. The molecule has 1 heterocycles. The van der Waals surface area contributed by atoms with Crippen molar-refractivity contribution in [1.29, 1.82) is 0 Å². The molecule has 0 radical (unpaired) electrons. The van der Waals surface area contributed by atoms with Crippen LogP contribution in [-0.4, -0.2) is 18.4 Å². The van der Waals surface area contributed by atoms with E-state index in [-0.39, 0.29) is 12.4 Å². The quantitative estimate of drug-likeness (QED) is 0.624. The van der Waals surface area contributed by atoms with Crippen LogP contribution in [0.25, 0.3) is 10.6 Å². The normalized spacial score (nSPS) is 10.4. The van der Waals surface area contributed by atoms with Crippen LogP contribution in [0.2, 0.25) is 0 Å². The molecule has 1 aromatic heterocycles. The summed E-state index contributed by atoms with van der Waals surface area (Å²) in [5.74, 6) is 0.758. The van der Waals surface area contributed by atoms with Crippen molar-refractivity contribution in [3.63, 3.8) is 0 Å². The summed E-state index contributed by atoms with van der Waals surface area (Å²) < 4.78 is 23.9. The van der Waals surface area contributed by atoms with Crippen molar-refractivity contribution in [3.05, 3.63) is 64.9 Å². The zero-order valence-electron chi connectivity index (χ0n) is 12.9. The summed E-state index contributed by atoms with van der Waals surface area (Å²) in [5, 5.41) is 2.68. The van der Waals surface area contributed by atoms with E-state index in [1.165, 1.54) is 30.6 Å². The second-order valence-electron chi connectivity index (χ2n) is 4.97. The van der Waals surface area contributed by atoms with Gasteiger partial charge in [-0.05, 0) is 42.5 Å². The number of rotatable bonds is 6. The minimum absolute atomic E-state index is 0.246. The minimum Gasteiger partial charge on any atom is -0.493 e. The van der Waals surface area contributed by atoms with E-state index in [0.29, 0.717) is 17.1 Å². The van der Waals surface area contributed by atoms with Gasteiger partial charge in [0.25, 0.3) is 0 Å². The Morgan fingerprint density at radius 1 is 1.17 bits per heavy atom. The molecule has 0 aliphatic heterocycles. The van der Waals surface area contributed by atoms with E-state index in [4.69, 9.17) is 9.47 Å². The molecule has 0 bridgehead atoms. The fourth-order valence-corrected chi connectivity index (χ4v) is 2.94. The molecule has 6 heteroatoms. The summed E-state index contributed by atoms with van der Waals surface area (Å²) >= 11 is 1.46. The number of nitrogens with zero attached hydrogens (tertiary/aromatic N) is 1. The first-order valence-corrected chi connectivity index (χ1v) is 8.04. The van der Waals surface area contributed by atoms with Gasteiger partial charge in [0.2, 0.25) is 0 Å². The van der Waals surface area contributed by atoms with E-state index in [9.17, 15) is 9.18 Å². The van der Waals surface area contributed by atoms with Crippen LogP contribution in [0.1, 0.15) is 16.1 Å². The standard InChI is InChI=1S/C18H14FNO3S/c1-22-16-7-2-12(9-21)8-17(16)23-10-15-11-24-18(20-15)13-3-5-14(19)6-4-13/h2-9,11H,10H2,1H3. The third-order valence-corrected chi connectivity index (χ3v) is 4.28. The summed E-state index contributed by atoms with van der Waals surface area (Å²) in [4.78, 5) is 15.4. The molecular formula is C18H14FNO3S. The number of aromatic nitrogens is 1. The van der Waals surface area contributed by atoms with Crippen LogP contribution in [0.5, 0.6) is 11.5 Å². The Morgan fingerprint density at radius 3 is 2.67 bits per heavy atom. The minimum atomic E-state index is -0.277. The number of carbonyl (C=O) groups is 1. The Labute approximate surface area is 142 Å². The molecule has 4 nitrogen and oxygen atoms in total. The van der Waals surface area contributed by atoms with Gasteiger partial charge in [0.1, 0.15) is 23.7 Å². The average molecular weight is 343 g/mol. The highest BCUT2D eigenvalue weighted by Crippen LogP contribution is 2.29.